The number of carboxylic acids is 1. The van der Waals surface area contributed by atoms with E-state index in [1.807, 2.05) is 17.0 Å². The zero-order valence-electron chi connectivity index (χ0n) is 19.2. The summed E-state index contributed by atoms with van der Waals surface area (Å²) in [4.78, 5) is 28.0. The number of hydrogen-bond donors (Lipinski definition) is 1. The van der Waals surface area contributed by atoms with Crippen molar-refractivity contribution < 1.29 is 23.8 Å². The second-order valence-corrected chi connectivity index (χ2v) is 9.46. The molecule has 3 atom stereocenters. The number of rotatable bonds is 7. The standard InChI is InChI=1S/C26H31FN2O4/c1-18-5-3-6-19(13-18)14-26(2)15-23-22(29(26)21-10-8-20(27)9-11-21)7-4-12-28(23)24(30)16-33-17-25(31)32/h3,5-6,8-11,13,22-23H,4,7,12,14-17H2,1-2H3,(H,31,32)/t22-,23-,26+/m0/s1. The average molecular weight is 455 g/mol. The van der Waals surface area contributed by atoms with E-state index >= 15 is 0 Å². The minimum Gasteiger partial charge on any atom is -0.480 e. The minimum absolute atomic E-state index is 0.0143. The monoisotopic (exact) mass is 454 g/mol. The van der Waals surface area contributed by atoms with Crippen molar-refractivity contribution in [2.45, 2.75) is 57.2 Å². The molecular formula is C26H31FN2O4. The van der Waals surface area contributed by atoms with E-state index in [0.29, 0.717) is 6.54 Å². The second kappa shape index (κ2) is 9.51. The van der Waals surface area contributed by atoms with Gasteiger partial charge in [0, 0.05) is 17.8 Å². The van der Waals surface area contributed by atoms with Crippen LogP contribution >= 0.6 is 0 Å². The molecule has 0 spiro atoms. The summed E-state index contributed by atoms with van der Waals surface area (Å²) in [6.07, 6.45) is 3.36. The predicted octanol–water partition coefficient (Wildman–Crippen LogP) is 3.81. The molecule has 0 saturated carbocycles. The molecular weight excluding hydrogens is 423 g/mol. The molecule has 0 radical (unpaired) electrons. The third-order valence-corrected chi connectivity index (χ3v) is 6.85. The maximum absolute atomic E-state index is 13.7. The summed E-state index contributed by atoms with van der Waals surface area (Å²) in [6, 6.07) is 15.2. The molecule has 7 heteroatoms. The molecule has 2 aromatic rings. The number of hydrogen-bond acceptors (Lipinski definition) is 4. The van der Waals surface area contributed by atoms with Gasteiger partial charge in [0.05, 0.1) is 12.1 Å². The molecule has 2 fully saturated rings. The van der Waals surface area contributed by atoms with Crippen molar-refractivity contribution >= 4 is 17.6 Å². The van der Waals surface area contributed by atoms with Gasteiger partial charge in [-0.2, -0.15) is 0 Å². The van der Waals surface area contributed by atoms with Gasteiger partial charge in [0.2, 0.25) is 5.91 Å². The molecule has 0 unspecified atom stereocenters. The fraction of sp³-hybridized carbons (Fsp3) is 0.462. The van der Waals surface area contributed by atoms with Crippen molar-refractivity contribution in [3.63, 3.8) is 0 Å². The predicted molar refractivity (Wildman–Crippen MR) is 124 cm³/mol. The smallest absolute Gasteiger partial charge is 0.329 e. The highest BCUT2D eigenvalue weighted by atomic mass is 19.1. The molecule has 1 N–H and O–H groups in total. The SMILES string of the molecule is Cc1cccc(C[C@]2(C)C[C@H]3[C@H](CCCN3C(=O)COCC(=O)O)N2c2ccc(F)cc2)c1. The number of carboxylic acid groups (broad SMARTS) is 1. The number of amides is 1. The Balaban J connectivity index is 1.64. The lowest BCUT2D eigenvalue weighted by Gasteiger charge is -2.43. The maximum Gasteiger partial charge on any atom is 0.329 e. The van der Waals surface area contributed by atoms with E-state index in [2.05, 4.69) is 43.0 Å². The van der Waals surface area contributed by atoms with Crippen molar-refractivity contribution in [2.75, 3.05) is 24.7 Å². The fourth-order valence-electron chi connectivity index (χ4n) is 5.68. The number of carbonyl (C=O) groups is 2. The topological polar surface area (TPSA) is 70.1 Å². The van der Waals surface area contributed by atoms with Crippen molar-refractivity contribution in [2.24, 2.45) is 0 Å². The first-order valence-corrected chi connectivity index (χ1v) is 11.5. The molecule has 6 nitrogen and oxygen atoms in total. The zero-order valence-corrected chi connectivity index (χ0v) is 19.2. The van der Waals surface area contributed by atoms with Crippen LogP contribution in [-0.2, 0) is 20.7 Å². The number of ether oxygens (including phenoxy) is 1. The van der Waals surface area contributed by atoms with Crippen molar-refractivity contribution in [1.29, 1.82) is 0 Å². The van der Waals surface area contributed by atoms with E-state index < -0.39 is 12.6 Å². The number of anilines is 1. The van der Waals surface area contributed by atoms with Crippen LogP contribution in [0.15, 0.2) is 48.5 Å². The van der Waals surface area contributed by atoms with E-state index in [-0.39, 0.29) is 36.0 Å². The van der Waals surface area contributed by atoms with Crippen LogP contribution in [-0.4, -0.2) is 59.3 Å². The minimum atomic E-state index is -1.09. The van der Waals surface area contributed by atoms with Crippen LogP contribution < -0.4 is 4.90 Å². The lowest BCUT2D eigenvalue weighted by Crippen LogP contribution is -2.54. The number of benzene rings is 2. The highest BCUT2D eigenvalue weighted by Gasteiger charge is 2.52. The second-order valence-electron chi connectivity index (χ2n) is 9.46. The first kappa shape index (κ1) is 23.2. The molecule has 0 aliphatic carbocycles. The van der Waals surface area contributed by atoms with Crippen molar-refractivity contribution in [1.82, 2.24) is 4.90 Å². The molecule has 0 bridgehead atoms. The average Bonchev–Trinajstić information content (AvgIpc) is 3.05. The molecule has 2 heterocycles. The molecule has 176 valence electrons. The summed E-state index contributed by atoms with van der Waals surface area (Å²) in [5.41, 5.74) is 3.11. The Morgan fingerprint density at radius 1 is 1.15 bits per heavy atom. The van der Waals surface area contributed by atoms with Gasteiger partial charge in [0.15, 0.2) is 0 Å². The highest BCUT2D eigenvalue weighted by Crippen LogP contribution is 2.45. The van der Waals surface area contributed by atoms with Crippen LogP contribution in [0.2, 0.25) is 0 Å². The quantitative estimate of drug-likeness (QED) is 0.689. The van der Waals surface area contributed by atoms with E-state index in [1.54, 1.807) is 0 Å². The maximum atomic E-state index is 13.7. The molecule has 2 aliphatic rings. The fourth-order valence-corrected chi connectivity index (χ4v) is 5.68. The highest BCUT2D eigenvalue weighted by molar-refractivity contribution is 5.79. The first-order chi connectivity index (χ1) is 15.8. The Labute approximate surface area is 194 Å². The Hall–Kier alpha value is -2.93. The van der Waals surface area contributed by atoms with Gasteiger partial charge in [-0.3, -0.25) is 4.79 Å². The van der Waals surface area contributed by atoms with E-state index in [4.69, 9.17) is 9.84 Å². The van der Waals surface area contributed by atoms with Gasteiger partial charge in [-0.1, -0.05) is 29.8 Å². The van der Waals surface area contributed by atoms with Gasteiger partial charge < -0.3 is 19.6 Å². The molecule has 0 aromatic heterocycles. The number of halogens is 1. The van der Waals surface area contributed by atoms with E-state index in [1.165, 1.54) is 23.3 Å². The molecule has 1 amide bonds. The van der Waals surface area contributed by atoms with Gasteiger partial charge in [0.1, 0.15) is 19.0 Å². The van der Waals surface area contributed by atoms with Crippen LogP contribution in [0.4, 0.5) is 10.1 Å². The van der Waals surface area contributed by atoms with Crippen LogP contribution in [0, 0.1) is 12.7 Å². The Morgan fingerprint density at radius 2 is 1.91 bits per heavy atom. The molecule has 33 heavy (non-hydrogen) atoms. The van der Waals surface area contributed by atoms with Gasteiger partial charge >= 0.3 is 5.97 Å². The van der Waals surface area contributed by atoms with Crippen molar-refractivity contribution in [3.05, 3.63) is 65.5 Å². The number of likely N-dealkylation sites (tertiary alicyclic amines) is 1. The third kappa shape index (κ3) is 5.03. The van der Waals surface area contributed by atoms with Gasteiger partial charge in [0.25, 0.3) is 0 Å². The summed E-state index contributed by atoms with van der Waals surface area (Å²) < 4.78 is 18.8. The number of fused-ring (bicyclic) bond motifs is 1. The normalized spacial score (nSPS) is 24.6. The van der Waals surface area contributed by atoms with E-state index in [0.717, 1.165) is 31.4 Å². The molecule has 2 saturated heterocycles. The largest absolute Gasteiger partial charge is 0.480 e. The number of aliphatic carboxylic acids is 1. The number of piperidine rings is 1. The van der Waals surface area contributed by atoms with Crippen molar-refractivity contribution in [3.8, 4) is 0 Å². The Morgan fingerprint density at radius 3 is 2.61 bits per heavy atom. The Bertz CT molecular complexity index is 1010. The van der Waals surface area contributed by atoms with Crippen LogP contribution in [0.3, 0.4) is 0 Å². The number of carbonyl (C=O) groups excluding carboxylic acids is 1. The summed E-state index contributed by atoms with van der Waals surface area (Å²) in [6.45, 7) is 4.21. The number of aryl methyl sites for hydroxylation is 1. The summed E-state index contributed by atoms with van der Waals surface area (Å²) in [5.74, 6) is -1.54. The summed E-state index contributed by atoms with van der Waals surface area (Å²) >= 11 is 0. The van der Waals surface area contributed by atoms with Gasteiger partial charge in [-0.05, 0) is 69.4 Å². The lowest BCUT2D eigenvalue weighted by atomic mass is 9.87. The first-order valence-electron chi connectivity index (χ1n) is 11.5. The summed E-state index contributed by atoms with van der Waals surface area (Å²) in [5, 5.41) is 8.81. The van der Waals surface area contributed by atoms with Gasteiger partial charge in [-0.15, -0.1) is 0 Å². The van der Waals surface area contributed by atoms with Gasteiger partial charge in [-0.25, -0.2) is 9.18 Å². The summed E-state index contributed by atoms with van der Waals surface area (Å²) in [7, 11) is 0. The number of nitrogens with zero attached hydrogens (tertiary/aromatic N) is 2. The molecule has 2 aliphatic heterocycles. The van der Waals surface area contributed by atoms with Crippen LogP contribution in [0.1, 0.15) is 37.3 Å². The van der Waals surface area contributed by atoms with E-state index in [9.17, 15) is 14.0 Å². The Kier molecular flexibility index (Phi) is 6.70. The molecule has 2 aromatic carbocycles. The van der Waals surface area contributed by atoms with Crippen LogP contribution in [0.25, 0.3) is 0 Å². The zero-order chi connectivity index (χ0) is 23.6. The third-order valence-electron chi connectivity index (χ3n) is 6.85. The lowest BCUT2D eigenvalue weighted by molar-refractivity contribution is -0.147. The van der Waals surface area contributed by atoms with Crippen LogP contribution in [0.5, 0.6) is 0 Å². The molecule has 4 rings (SSSR count).